The van der Waals surface area contributed by atoms with Crippen LogP contribution in [0.4, 0.5) is 0 Å². The predicted molar refractivity (Wildman–Crippen MR) is 69.4 cm³/mol. The molecule has 0 aliphatic rings. The molecule has 0 atom stereocenters. The van der Waals surface area contributed by atoms with Gasteiger partial charge in [0.25, 0.3) is 0 Å². The standard InChI is InChI=1S/C12H12BrClO2/c1-3-16-12(15)8(2)6-9-4-5-10(13)7-11(9)14/h4-7H,3H2,1-2H3/b8-6+. The molecule has 0 saturated heterocycles. The highest BCUT2D eigenvalue weighted by Crippen LogP contribution is 2.23. The highest BCUT2D eigenvalue weighted by Gasteiger charge is 2.06. The first kappa shape index (κ1) is 13.3. The minimum absolute atomic E-state index is 0.318. The summed E-state index contributed by atoms with van der Waals surface area (Å²) >= 11 is 9.35. The van der Waals surface area contributed by atoms with E-state index in [1.807, 2.05) is 12.1 Å². The van der Waals surface area contributed by atoms with E-state index < -0.39 is 0 Å². The fourth-order valence-electron chi connectivity index (χ4n) is 1.16. The number of halogens is 2. The summed E-state index contributed by atoms with van der Waals surface area (Å²) in [5.74, 6) is -0.318. The molecule has 0 N–H and O–H groups in total. The number of rotatable bonds is 3. The molecule has 1 aromatic carbocycles. The van der Waals surface area contributed by atoms with E-state index in [2.05, 4.69) is 15.9 Å². The zero-order valence-electron chi connectivity index (χ0n) is 9.09. The Morgan fingerprint density at radius 2 is 2.25 bits per heavy atom. The third kappa shape index (κ3) is 3.65. The second-order valence-electron chi connectivity index (χ2n) is 3.21. The Labute approximate surface area is 108 Å². The van der Waals surface area contributed by atoms with Crippen molar-refractivity contribution in [2.24, 2.45) is 0 Å². The summed E-state index contributed by atoms with van der Waals surface area (Å²) in [6.07, 6.45) is 1.72. The lowest BCUT2D eigenvalue weighted by Gasteiger charge is -2.03. The van der Waals surface area contributed by atoms with E-state index in [4.69, 9.17) is 16.3 Å². The van der Waals surface area contributed by atoms with Crippen LogP contribution in [0.3, 0.4) is 0 Å². The molecular formula is C12H12BrClO2. The van der Waals surface area contributed by atoms with Crippen molar-refractivity contribution in [3.63, 3.8) is 0 Å². The normalized spacial score (nSPS) is 11.4. The Morgan fingerprint density at radius 1 is 1.56 bits per heavy atom. The second kappa shape index (κ2) is 6.06. The molecule has 1 aromatic rings. The Kier molecular flexibility index (Phi) is 5.03. The minimum Gasteiger partial charge on any atom is -0.463 e. The van der Waals surface area contributed by atoms with Gasteiger partial charge in [-0.3, -0.25) is 0 Å². The monoisotopic (exact) mass is 302 g/mol. The molecule has 0 aromatic heterocycles. The van der Waals surface area contributed by atoms with Gasteiger partial charge in [0.05, 0.1) is 6.61 Å². The fourth-order valence-corrected chi connectivity index (χ4v) is 1.88. The molecule has 2 nitrogen and oxygen atoms in total. The molecule has 1 rings (SSSR count). The molecular weight excluding hydrogens is 291 g/mol. The minimum atomic E-state index is -0.318. The van der Waals surface area contributed by atoms with Crippen LogP contribution in [0.2, 0.25) is 5.02 Å². The van der Waals surface area contributed by atoms with E-state index in [1.165, 1.54) is 0 Å². The number of hydrogen-bond donors (Lipinski definition) is 0. The molecule has 0 aliphatic heterocycles. The summed E-state index contributed by atoms with van der Waals surface area (Å²) < 4.78 is 5.79. The second-order valence-corrected chi connectivity index (χ2v) is 4.54. The summed E-state index contributed by atoms with van der Waals surface area (Å²) in [5.41, 5.74) is 1.33. The average molecular weight is 304 g/mol. The highest BCUT2D eigenvalue weighted by molar-refractivity contribution is 9.10. The molecule has 16 heavy (non-hydrogen) atoms. The van der Waals surface area contributed by atoms with Crippen LogP contribution in [0, 0.1) is 0 Å². The quantitative estimate of drug-likeness (QED) is 0.621. The molecule has 0 aliphatic carbocycles. The lowest BCUT2D eigenvalue weighted by molar-refractivity contribution is -0.138. The Morgan fingerprint density at radius 3 is 2.81 bits per heavy atom. The lowest BCUT2D eigenvalue weighted by atomic mass is 10.1. The summed E-state index contributed by atoms with van der Waals surface area (Å²) in [5, 5.41) is 0.595. The summed E-state index contributed by atoms with van der Waals surface area (Å²) in [6, 6.07) is 5.50. The van der Waals surface area contributed by atoms with E-state index in [-0.39, 0.29) is 5.97 Å². The predicted octanol–water partition coefficient (Wildman–Crippen LogP) is 4.07. The number of benzene rings is 1. The third-order valence-electron chi connectivity index (χ3n) is 1.93. The number of ether oxygens (including phenoxy) is 1. The Bertz CT molecular complexity index is 427. The van der Waals surface area contributed by atoms with E-state index in [9.17, 15) is 4.79 Å². The van der Waals surface area contributed by atoms with Crippen molar-refractivity contribution in [1.29, 1.82) is 0 Å². The van der Waals surface area contributed by atoms with Crippen molar-refractivity contribution in [2.75, 3.05) is 6.61 Å². The molecule has 0 spiro atoms. The van der Waals surface area contributed by atoms with E-state index in [1.54, 1.807) is 26.0 Å². The van der Waals surface area contributed by atoms with Crippen molar-refractivity contribution in [3.05, 3.63) is 38.8 Å². The van der Waals surface area contributed by atoms with Gasteiger partial charge in [0.15, 0.2) is 0 Å². The van der Waals surface area contributed by atoms with Gasteiger partial charge in [-0.05, 0) is 37.6 Å². The van der Waals surface area contributed by atoms with Crippen LogP contribution in [0.15, 0.2) is 28.2 Å². The fraction of sp³-hybridized carbons (Fsp3) is 0.250. The van der Waals surface area contributed by atoms with Gasteiger partial charge in [-0.15, -0.1) is 0 Å². The van der Waals surface area contributed by atoms with Crippen molar-refractivity contribution >= 4 is 39.6 Å². The third-order valence-corrected chi connectivity index (χ3v) is 2.75. The van der Waals surface area contributed by atoms with Crippen molar-refractivity contribution < 1.29 is 9.53 Å². The molecule has 0 amide bonds. The molecule has 86 valence electrons. The van der Waals surface area contributed by atoms with Gasteiger partial charge < -0.3 is 4.74 Å². The zero-order chi connectivity index (χ0) is 12.1. The SMILES string of the molecule is CCOC(=O)/C(C)=C/c1ccc(Br)cc1Cl. The largest absolute Gasteiger partial charge is 0.463 e. The summed E-state index contributed by atoms with van der Waals surface area (Å²) in [7, 11) is 0. The maximum absolute atomic E-state index is 11.4. The lowest BCUT2D eigenvalue weighted by Crippen LogP contribution is -2.04. The van der Waals surface area contributed by atoms with Crippen LogP contribution in [-0.4, -0.2) is 12.6 Å². The van der Waals surface area contributed by atoms with Crippen LogP contribution < -0.4 is 0 Å². The average Bonchev–Trinajstić information content (AvgIpc) is 2.22. The van der Waals surface area contributed by atoms with Gasteiger partial charge in [0.2, 0.25) is 0 Å². The number of carbonyl (C=O) groups is 1. The first-order chi connectivity index (χ1) is 7.54. The number of esters is 1. The zero-order valence-corrected chi connectivity index (χ0v) is 11.4. The van der Waals surface area contributed by atoms with Gasteiger partial charge in [0.1, 0.15) is 0 Å². The molecule has 4 heteroatoms. The first-order valence-electron chi connectivity index (χ1n) is 4.85. The smallest absolute Gasteiger partial charge is 0.333 e. The summed E-state index contributed by atoms with van der Waals surface area (Å²) in [6.45, 7) is 3.85. The maximum atomic E-state index is 11.4. The van der Waals surface area contributed by atoms with Gasteiger partial charge in [-0.2, -0.15) is 0 Å². The molecule has 0 radical (unpaired) electrons. The van der Waals surface area contributed by atoms with Gasteiger partial charge in [-0.1, -0.05) is 33.6 Å². The molecule has 0 saturated carbocycles. The van der Waals surface area contributed by atoms with Gasteiger partial charge >= 0.3 is 5.97 Å². The molecule has 0 unspecified atom stereocenters. The van der Waals surface area contributed by atoms with Gasteiger partial charge in [-0.25, -0.2) is 4.79 Å². The highest BCUT2D eigenvalue weighted by atomic mass is 79.9. The van der Waals surface area contributed by atoms with Crippen LogP contribution in [-0.2, 0) is 9.53 Å². The van der Waals surface area contributed by atoms with Crippen LogP contribution in [0.5, 0.6) is 0 Å². The molecule has 0 bridgehead atoms. The van der Waals surface area contributed by atoms with Crippen molar-refractivity contribution in [1.82, 2.24) is 0 Å². The first-order valence-corrected chi connectivity index (χ1v) is 6.02. The maximum Gasteiger partial charge on any atom is 0.333 e. The van der Waals surface area contributed by atoms with E-state index in [0.717, 1.165) is 10.0 Å². The van der Waals surface area contributed by atoms with Crippen LogP contribution in [0.1, 0.15) is 19.4 Å². The van der Waals surface area contributed by atoms with E-state index in [0.29, 0.717) is 17.2 Å². The molecule has 0 heterocycles. The number of carbonyl (C=O) groups excluding carboxylic acids is 1. The summed E-state index contributed by atoms with van der Waals surface area (Å²) in [4.78, 5) is 11.4. The van der Waals surface area contributed by atoms with E-state index >= 15 is 0 Å². The Balaban J connectivity index is 2.94. The topological polar surface area (TPSA) is 26.3 Å². The van der Waals surface area contributed by atoms with Crippen molar-refractivity contribution in [2.45, 2.75) is 13.8 Å². The molecule has 0 fully saturated rings. The van der Waals surface area contributed by atoms with Crippen LogP contribution in [0.25, 0.3) is 6.08 Å². The van der Waals surface area contributed by atoms with Gasteiger partial charge in [0, 0.05) is 15.1 Å². The number of hydrogen-bond acceptors (Lipinski definition) is 2. The van der Waals surface area contributed by atoms with Crippen molar-refractivity contribution in [3.8, 4) is 0 Å². The van der Waals surface area contributed by atoms with Crippen LogP contribution >= 0.6 is 27.5 Å². The Hall–Kier alpha value is -0.800.